The number of likely N-dealkylation sites (tertiary alicyclic amines) is 1. The minimum absolute atomic E-state index is 0.0199. The second-order valence-electron chi connectivity index (χ2n) is 8.56. The summed E-state index contributed by atoms with van der Waals surface area (Å²) in [5, 5.41) is 2.59. The highest BCUT2D eigenvalue weighted by molar-refractivity contribution is 7.91. The van der Waals surface area contributed by atoms with Crippen molar-refractivity contribution in [2.45, 2.75) is 58.0 Å². The first-order valence-corrected chi connectivity index (χ1v) is 11.9. The van der Waals surface area contributed by atoms with Gasteiger partial charge in [0.15, 0.2) is 16.4 Å². The number of nitrogens with one attached hydrogen (secondary N) is 1. The van der Waals surface area contributed by atoms with Crippen LogP contribution >= 0.6 is 0 Å². The fraction of sp³-hybridized carbons (Fsp3) is 0.842. The van der Waals surface area contributed by atoms with Gasteiger partial charge >= 0.3 is 5.97 Å². The zero-order valence-electron chi connectivity index (χ0n) is 16.6. The Morgan fingerprint density at radius 1 is 1.21 bits per heavy atom. The quantitative estimate of drug-likeness (QED) is 0.656. The highest BCUT2D eigenvalue weighted by Crippen LogP contribution is 2.35. The van der Waals surface area contributed by atoms with Gasteiger partial charge in [0.1, 0.15) is 0 Å². The maximum Gasteiger partial charge on any atom is 0.311 e. The van der Waals surface area contributed by atoms with Crippen molar-refractivity contribution in [2.24, 2.45) is 17.8 Å². The number of carbonyl (C=O) groups is 3. The van der Waals surface area contributed by atoms with Crippen LogP contribution in [0.15, 0.2) is 0 Å². The van der Waals surface area contributed by atoms with Crippen LogP contribution in [0.25, 0.3) is 0 Å². The van der Waals surface area contributed by atoms with Crippen molar-refractivity contribution >= 4 is 27.6 Å². The van der Waals surface area contributed by atoms with E-state index in [0.29, 0.717) is 24.8 Å². The van der Waals surface area contributed by atoms with Gasteiger partial charge in [0.25, 0.3) is 5.91 Å². The molecule has 3 fully saturated rings. The first-order valence-electron chi connectivity index (χ1n) is 10.1. The van der Waals surface area contributed by atoms with Crippen molar-refractivity contribution < 1.29 is 27.5 Å². The van der Waals surface area contributed by atoms with Crippen molar-refractivity contribution in [3.8, 4) is 0 Å². The van der Waals surface area contributed by atoms with Crippen LogP contribution in [0.1, 0.15) is 46.0 Å². The minimum Gasteiger partial charge on any atom is -0.455 e. The topological polar surface area (TPSA) is 110 Å². The van der Waals surface area contributed by atoms with Gasteiger partial charge in [0, 0.05) is 25.0 Å². The normalized spacial score (nSPS) is 35.0. The van der Waals surface area contributed by atoms with Gasteiger partial charge in [0.05, 0.1) is 17.4 Å². The van der Waals surface area contributed by atoms with Crippen LogP contribution in [0.3, 0.4) is 0 Å². The number of carbonyl (C=O) groups excluding carboxylic acids is 3. The number of amides is 2. The van der Waals surface area contributed by atoms with Crippen LogP contribution in [0, 0.1) is 17.8 Å². The molecule has 2 amide bonds. The second kappa shape index (κ2) is 8.39. The molecule has 9 heteroatoms. The van der Waals surface area contributed by atoms with Crippen LogP contribution in [-0.4, -0.2) is 67.8 Å². The molecule has 0 spiro atoms. The predicted octanol–water partition coefficient (Wildman–Crippen LogP) is 0.506. The van der Waals surface area contributed by atoms with E-state index in [1.165, 1.54) is 6.42 Å². The molecular weight excluding hydrogens is 384 g/mol. The average molecular weight is 415 g/mol. The van der Waals surface area contributed by atoms with E-state index in [-0.39, 0.29) is 29.9 Å². The van der Waals surface area contributed by atoms with E-state index in [1.54, 1.807) is 0 Å². The second-order valence-corrected chi connectivity index (χ2v) is 10.8. The van der Waals surface area contributed by atoms with E-state index >= 15 is 0 Å². The summed E-state index contributed by atoms with van der Waals surface area (Å²) < 4.78 is 28.0. The van der Waals surface area contributed by atoms with Crippen LogP contribution in [-0.2, 0) is 29.0 Å². The summed E-state index contributed by atoms with van der Waals surface area (Å²) in [6, 6.07) is -0.254. The molecule has 0 bridgehead atoms. The Kier molecular flexibility index (Phi) is 6.31. The first kappa shape index (κ1) is 21.1. The van der Waals surface area contributed by atoms with E-state index in [9.17, 15) is 22.8 Å². The number of nitrogens with zero attached hydrogens (tertiary/aromatic N) is 1. The molecule has 3 aliphatic rings. The first-order chi connectivity index (χ1) is 13.2. The molecule has 0 aromatic heterocycles. The summed E-state index contributed by atoms with van der Waals surface area (Å²) in [4.78, 5) is 38.5. The minimum atomic E-state index is -3.08. The Bertz CT molecular complexity index is 737. The molecular formula is C19H30N2O6S. The Morgan fingerprint density at radius 3 is 2.64 bits per heavy atom. The molecule has 0 radical (unpaired) electrons. The van der Waals surface area contributed by atoms with Gasteiger partial charge in [-0.15, -0.1) is 0 Å². The average Bonchev–Trinajstić information content (AvgIpc) is 3.17. The number of hydrogen-bond donors (Lipinski definition) is 1. The number of sulfone groups is 1. The van der Waals surface area contributed by atoms with Gasteiger partial charge in [-0.2, -0.15) is 0 Å². The molecule has 2 heterocycles. The van der Waals surface area contributed by atoms with Crippen molar-refractivity contribution in [3.05, 3.63) is 0 Å². The highest BCUT2D eigenvalue weighted by atomic mass is 32.2. The molecule has 8 nitrogen and oxygen atoms in total. The Labute approximate surface area is 166 Å². The molecule has 28 heavy (non-hydrogen) atoms. The zero-order valence-corrected chi connectivity index (χ0v) is 17.4. The monoisotopic (exact) mass is 414 g/mol. The zero-order chi connectivity index (χ0) is 20.5. The third-order valence-electron chi connectivity index (χ3n) is 6.50. The number of ether oxygens (including phenoxy) is 1. The SMILES string of the molecule is C[C@H]1[C@H](N2C[C@H](C(=O)OCC(=O)N[C@@H]3CCS(=O)(=O)C3)CC2=O)CCC[C@@H]1C. The van der Waals surface area contributed by atoms with Crippen molar-refractivity contribution in [1.82, 2.24) is 10.2 Å². The fourth-order valence-corrected chi connectivity index (χ4v) is 6.31. The summed E-state index contributed by atoms with van der Waals surface area (Å²) in [7, 11) is -3.08. The van der Waals surface area contributed by atoms with Crippen molar-refractivity contribution in [1.29, 1.82) is 0 Å². The number of hydrogen-bond acceptors (Lipinski definition) is 6. The maximum atomic E-state index is 12.5. The Balaban J connectivity index is 1.46. The van der Waals surface area contributed by atoms with Crippen molar-refractivity contribution in [3.63, 3.8) is 0 Å². The predicted molar refractivity (Wildman–Crippen MR) is 102 cm³/mol. The number of esters is 1. The molecule has 2 saturated heterocycles. The van der Waals surface area contributed by atoms with Crippen LogP contribution in [0.4, 0.5) is 0 Å². The van der Waals surface area contributed by atoms with E-state index in [2.05, 4.69) is 19.2 Å². The molecule has 158 valence electrons. The molecule has 5 atom stereocenters. The summed E-state index contributed by atoms with van der Waals surface area (Å²) in [6.07, 6.45) is 3.73. The lowest BCUT2D eigenvalue weighted by atomic mass is 9.77. The van der Waals surface area contributed by atoms with Crippen molar-refractivity contribution in [2.75, 3.05) is 24.7 Å². The summed E-state index contributed by atoms with van der Waals surface area (Å²) in [5.41, 5.74) is 0. The summed E-state index contributed by atoms with van der Waals surface area (Å²) in [6.45, 7) is 4.27. The molecule has 1 saturated carbocycles. The molecule has 0 aromatic carbocycles. The number of rotatable bonds is 5. The standard InChI is InChI=1S/C19H30N2O6S/c1-12-4-3-5-16(13(12)2)21-9-14(8-18(21)23)19(24)27-10-17(22)20-15-6-7-28(25,26)11-15/h12-16H,3-11H2,1-2H3,(H,20,22)/t12-,13+,14+,15+,16+/m0/s1. The van der Waals surface area contributed by atoms with E-state index < -0.39 is 40.3 Å². The summed E-state index contributed by atoms with van der Waals surface area (Å²) in [5.74, 6) is -0.660. The van der Waals surface area contributed by atoms with Crippen LogP contribution < -0.4 is 5.32 Å². The van der Waals surface area contributed by atoms with Gasteiger partial charge in [-0.1, -0.05) is 26.7 Å². The third kappa shape index (κ3) is 4.85. The fourth-order valence-electron chi connectivity index (χ4n) is 4.64. The van der Waals surface area contributed by atoms with Gasteiger partial charge in [-0.05, 0) is 24.7 Å². The highest BCUT2D eigenvalue weighted by Gasteiger charge is 2.42. The van der Waals surface area contributed by atoms with E-state index in [0.717, 1.165) is 12.8 Å². The molecule has 2 aliphatic heterocycles. The third-order valence-corrected chi connectivity index (χ3v) is 8.27. The van der Waals surface area contributed by atoms with Crippen LogP contribution in [0.5, 0.6) is 0 Å². The van der Waals surface area contributed by atoms with E-state index in [4.69, 9.17) is 4.74 Å². The lowest BCUT2D eigenvalue weighted by molar-refractivity contribution is -0.152. The molecule has 0 aromatic rings. The van der Waals surface area contributed by atoms with Crippen LogP contribution in [0.2, 0.25) is 0 Å². The largest absolute Gasteiger partial charge is 0.455 e. The molecule has 1 aliphatic carbocycles. The smallest absolute Gasteiger partial charge is 0.311 e. The van der Waals surface area contributed by atoms with Gasteiger partial charge in [-0.25, -0.2) is 8.42 Å². The Hall–Kier alpha value is -1.64. The maximum absolute atomic E-state index is 12.5. The van der Waals surface area contributed by atoms with Gasteiger partial charge < -0.3 is 15.0 Å². The van der Waals surface area contributed by atoms with E-state index in [1.807, 2.05) is 4.90 Å². The lowest BCUT2D eigenvalue weighted by Crippen LogP contribution is -2.45. The molecule has 1 N–H and O–H groups in total. The Morgan fingerprint density at radius 2 is 1.96 bits per heavy atom. The molecule has 3 rings (SSSR count). The summed E-state index contributed by atoms with van der Waals surface area (Å²) >= 11 is 0. The van der Waals surface area contributed by atoms with Gasteiger partial charge in [-0.3, -0.25) is 14.4 Å². The lowest BCUT2D eigenvalue weighted by Gasteiger charge is -2.39. The molecule has 0 unspecified atom stereocenters. The van der Waals surface area contributed by atoms with Gasteiger partial charge in [0.2, 0.25) is 5.91 Å².